The molecular weight excluding hydrogens is 389 g/mol. The number of rotatable bonds is 4. The van der Waals surface area contributed by atoms with Gasteiger partial charge in [-0.05, 0) is 36.4 Å². The van der Waals surface area contributed by atoms with Crippen molar-refractivity contribution in [3.8, 4) is 16.8 Å². The molecule has 0 bridgehead atoms. The summed E-state index contributed by atoms with van der Waals surface area (Å²) in [5, 5.41) is 13.8. The highest BCUT2D eigenvalue weighted by atomic mass is 32.1. The van der Waals surface area contributed by atoms with Crippen LogP contribution < -0.4 is 5.32 Å². The summed E-state index contributed by atoms with van der Waals surface area (Å²) in [5.41, 5.74) is -0.212. The van der Waals surface area contributed by atoms with E-state index in [9.17, 15) is 23.2 Å². The number of amides is 1. The molecule has 0 atom stereocenters. The van der Waals surface area contributed by atoms with Crippen molar-refractivity contribution in [1.82, 2.24) is 9.97 Å². The maximum absolute atomic E-state index is 12.8. The summed E-state index contributed by atoms with van der Waals surface area (Å²) >= 11 is 1.29. The number of nitrogens with zero attached hydrogens (tertiary/aromatic N) is 3. The van der Waals surface area contributed by atoms with E-state index in [0.717, 1.165) is 12.1 Å². The first-order valence-corrected chi connectivity index (χ1v) is 8.72. The quantitative estimate of drug-likeness (QED) is 0.505. The maximum atomic E-state index is 12.8. The Bertz CT molecular complexity index is 1070. The molecule has 3 rings (SSSR count). The molecular formula is C19H11F3N4OS. The molecule has 0 aliphatic heterocycles. The van der Waals surface area contributed by atoms with Crippen LogP contribution in [0.2, 0.25) is 0 Å². The zero-order chi connectivity index (χ0) is 20.1. The molecule has 0 fully saturated rings. The van der Waals surface area contributed by atoms with E-state index in [1.54, 1.807) is 29.8 Å². The molecule has 1 amide bonds. The fourth-order valence-electron chi connectivity index (χ4n) is 2.23. The van der Waals surface area contributed by atoms with Gasteiger partial charge < -0.3 is 5.32 Å². The van der Waals surface area contributed by atoms with Gasteiger partial charge in [0.05, 0.1) is 17.0 Å². The van der Waals surface area contributed by atoms with E-state index in [1.807, 2.05) is 6.07 Å². The van der Waals surface area contributed by atoms with Gasteiger partial charge in [0.25, 0.3) is 5.91 Å². The zero-order valence-corrected chi connectivity index (χ0v) is 14.9. The van der Waals surface area contributed by atoms with Crippen molar-refractivity contribution in [2.24, 2.45) is 0 Å². The van der Waals surface area contributed by atoms with E-state index in [0.29, 0.717) is 16.4 Å². The minimum Gasteiger partial charge on any atom is -0.321 e. The summed E-state index contributed by atoms with van der Waals surface area (Å²) in [6.45, 7) is 0. The van der Waals surface area contributed by atoms with Gasteiger partial charge in [-0.15, -0.1) is 11.3 Å². The van der Waals surface area contributed by atoms with Crippen LogP contribution in [0.3, 0.4) is 0 Å². The molecule has 1 aromatic carbocycles. The summed E-state index contributed by atoms with van der Waals surface area (Å²) in [6.07, 6.45) is -1.64. The number of halogens is 3. The smallest absolute Gasteiger partial charge is 0.321 e. The highest BCUT2D eigenvalue weighted by Crippen LogP contribution is 2.30. The first kappa shape index (κ1) is 19.3. The maximum Gasteiger partial charge on any atom is 0.416 e. The van der Waals surface area contributed by atoms with E-state index >= 15 is 0 Å². The zero-order valence-electron chi connectivity index (χ0n) is 14.1. The predicted octanol–water partition coefficient (Wildman–Crippen LogP) is 4.77. The molecule has 0 saturated heterocycles. The largest absolute Gasteiger partial charge is 0.416 e. The van der Waals surface area contributed by atoms with Gasteiger partial charge in [0.15, 0.2) is 0 Å². The van der Waals surface area contributed by atoms with Crippen molar-refractivity contribution in [3.63, 3.8) is 0 Å². The second kappa shape index (κ2) is 8.02. The molecule has 0 aliphatic carbocycles. The summed E-state index contributed by atoms with van der Waals surface area (Å²) in [4.78, 5) is 20.7. The number of carbonyl (C=O) groups excluding carboxylic acids is 1. The first-order valence-electron chi connectivity index (χ1n) is 7.84. The molecule has 1 N–H and O–H groups in total. The Morgan fingerprint density at radius 2 is 2.04 bits per heavy atom. The first-order chi connectivity index (χ1) is 13.4. The Kier molecular flexibility index (Phi) is 5.52. The third-order valence-corrected chi connectivity index (χ3v) is 4.39. The SMILES string of the molecule is N#CC(=Cc1csc(-c2ccccn2)n1)C(=O)Nc1cccc(C(F)(F)F)c1. The molecule has 0 saturated carbocycles. The van der Waals surface area contributed by atoms with Gasteiger partial charge in [-0.25, -0.2) is 4.98 Å². The third-order valence-electron chi connectivity index (χ3n) is 3.51. The van der Waals surface area contributed by atoms with Gasteiger partial charge in [-0.1, -0.05) is 12.1 Å². The lowest BCUT2D eigenvalue weighted by Gasteiger charge is -2.09. The Morgan fingerprint density at radius 1 is 1.21 bits per heavy atom. The van der Waals surface area contributed by atoms with E-state index in [1.165, 1.54) is 29.5 Å². The summed E-state index contributed by atoms with van der Waals surface area (Å²) in [5.74, 6) is -0.825. The van der Waals surface area contributed by atoms with E-state index < -0.39 is 17.6 Å². The molecule has 0 radical (unpaired) electrons. The van der Waals surface area contributed by atoms with Crippen LogP contribution in [0.4, 0.5) is 18.9 Å². The van der Waals surface area contributed by atoms with Crippen molar-refractivity contribution < 1.29 is 18.0 Å². The van der Waals surface area contributed by atoms with Crippen molar-refractivity contribution in [2.75, 3.05) is 5.32 Å². The number of nitriles is 1. The normalized spacial score (nSPS) is 11.7. The average molecular weight is 400 g/mol. The lowest BCUT2D eigenvalue weighted by atomic mass is 10.1. The standard InChI is InChI=1S/C19H11F3N4OS/c20-19(21,22)13-4-3-5-14(9-13)25-17(27)12(10-23)8-15-11-28-18(26-15)16-6-1-2-7-24-16/h1-9,11H,(H,25,27). The van der Waals surface area contributed by atoms with Crippen LogP contribution in [0, 0.1) is 11.3 Å². The third kappa shape index (κ3) is 4.61. The topological polar surface area (TPSA) is 78.7 Å². The number of pyridine rings is 1. The van der Waals surface area contributed by atoms with Crippen molar-refractivity contribution in [1.29, 1.82) is 5.26 Å². The second-order valence-corrected chi connectivity index (χ2v) is 6.35. The average Bonchev–Trinajstić information content (AvgIpc) is 3.15. The number of thiazole rings is 1. The fourth-order valence-corrected chi connectivity index (χ4v) is 2.98. The van der Waals surface area contributed by atoms with Crippen LogP contribution >= 0.6 is 11.3 Å². The van der Waals surface area contributed by atoms with Gasteiger partial charge in [0.2, 0.25) is 0 Å². The number of hydrogen-bond acceptors (Lipinski definition) is 5. The molecule has 3 aromatic rings. The Hall–Kier alpha value is -3.51. The summed E-state index contributed by atoms with van der Waals surface area (Å²) in [7, 11) is 0. The molecule has 5 nitrogen and oxygen atoms in total. The van der Waals surface area contributed by atoms with Gasteiger partial charge in [-0.3, -0.25) is 9.78 Å². The Balaban J connectivity index is 1.79. The molecule has 0 aliphatic rings. The number of benzene rings is 1. The van der Waals surface area contributed by atoms with Crippen molar-refractivity contribution in [3.05, 3.63) is 70.9 Å². The highest BCUT2D eigenvalue weighted by Gasteiger charge is 2.30. The molecule has 140 valence electrons. The summed E-state index contributed by atoms with van der Waals surface area (Å²) in [6, 6.07) is 11.3. The van der Waals surface area contributed by atoms with Gasteiger partial charge in [0.1, 0.15) is 16.6 Å². The van der Waals surface area contributed by atoms with Crippen molar-refractivity contribution in [2.45, 2.75) is 6.18 Å². The van der Waals surface area contributed by atoms with Gasteiger partial charge in [-0.2, -0.15) is 18.4 Å². The van der Waals surface area contributed by atoms with Crippen LogP contribution in [0.1, 0.15) is 11.3 Å². The van der Waals surface area contributed by atoms with Crippen LogP contribution in [-0.4, -0.2) is 15.9 Å². The van der Waals surface area contributed by atoms with Crippen LogP contribution in [-0.2, 0) is 11.0 Å². The van der Waals surface area contributed by atoms with E-state index in [4.69, 9.17) is 0 Å². The van der Waals surface area contributed by atoms with Crippen LogP contribution in [0.15, 0.2) is 59.6 Å². The Morgan fingerprint density at radius 3 is 2.71 bits per heavy atom. The molecule has 0 unspecified atom stereocenters. The lowest BCUT2D eigenvalue weighted by molar-refractivity contribution is -0.137. The summed E-state index contributed by atoms with van der Waals surface area (Å²) < 4.78 is 38.3. The lowest BCUT2D eigenvalue weighted by Crippen LogP contribution is -2.14. The minimum atomic E-state index is -4.53. The van der Waals surface area contributed by atoms with Crippen LogP contribution in [0.5, 0.6) is 0 Å². The number of aromatic nitrogens is 2. The second-order valence-electron chi connectivity index (χ2n) is 5.50. The number of alkyl halides is 3. The Labute approximate surface area is 161 Å². The number of hydrogen-bond donors (Lipinski definition) is 1. The van der Waals surface area contributed by atoms with E-state index in [-0.39, 0.29) is 11.3 Å². The predicted molar refractivity (Wildman–Crippen MR) is 99.0 cm³/mol. The van der Waals surface area contributed by atoms with E-state index in [2.05, 4.69) is 15.3 Å². The van der Waals surface area contributed by atoms with Crippen LogP contribution in [0.25, 0.3) is 16.8 Å². The number of carbonyl (C=O) groups is 1. The fraction of sp³-hybridized carbons (Fsp3) is 0.0526. The molecule has 2 heterocycles. The van der Waals surface area contributed by atoms with Gasteiger partial charge >= 0.3 is 6.18 Å². The molecule has 2 aromatic heterocycles. The molecule has 0 spiro atoms. The number of nitrogens with one attached hydrogen (secondary N) is 1. The number of anilines is 1. The molecule has 28 heavy (non-hydrogen) atoms. The monoisotopic (exact) mass is 400 g/mol. The van der Waals surface area contributed by atoms with Crippen molar-refractivity contribution >= 4 is 29.0 Å². The highest BCUT2D eigenvalue weighted by molar-refractivity contribution is 7.13. The molecule has 9 heteroatoms. The minimum absolute atomic E-state index is 0.0616. The van der Waals surface area contributed by atoms with Gasteiger partial charge in [0, 0.05) is 17.3 Å².